The van der Waals surface area contributed by atoms with Gasteiger partial charge in [0.15, 0.2) is 15.1 Å². The Balaban J connectivity index is 2.26. The first kappa shape index (κ1) is 14.3. The molecule has 1 aromatic carbocycles. The molecular weight excluding hydrogens is 288 g/mol. The standard InChI is InChI=1S/C13H15ClO4S/c1-18-13(15)12(9-6-7-9)19(16,17)8-10-4-2-3-5-11(10)14/h2-5,9,12H,6-8H2,1H3. The summed E-state index contributed by atoms with van der Waals surface area (Å²) in [5.74, 6) is -1.02. The normalized spacial score (nSPS) is 16.9. The topological polar surface area (TPSA) is 60.4 Å². The number of hydrogen-bond donors (Lipinski definition) is 0. The molecule has 0 aromatic heterocycles. The molecular formula is C13H15ClO4S. The number of ether oxygens (including phenoxy) is 1. The van der Waals surface area contributed by atoms with E-state index in [0.717, 1.165) is 12.8 Å². The third-order valence-corrected chi connectivity index (χ3v) is 5.62. The van der Waals surface area contributed by atoms with E-state index in [1.54, 1.807) is 24.3 Å². The molecule has 1 fully saturated rings. The summed E-state index contributed by atoms with van der Waals surface area (Å²) >= 11 is 5.96. The van der Waals surface area contributed by atoms with Gasteiger partial charge in [-0.1, -0.05) is 29.8 Å². The first-order valence-electron chi connectivity index (χ1n) is 5.98. The van der Waals surface area contributed by atoms with Crippen LogP contribution < -0.4 is 0 Å². The van der Waals surface area contributed by atoms with E-state index in [4.69, 9.17) is 11.6 Å². The number of rotatable bonds is 5. The van der Waals surface area contributed by atoms with Crippen LogP contribution in [0, 0.1) is 5.92 Å². The molecule has 0 bridgehead atoms. The van der Waals surface area contributed by atoms with Crippen LogP contribution in [0.4, 0.5) is 0 Å². The van der Waals surface area contributed by atoms with Crippen LogP contribution in [0.1, 0.15) is 18.4 Å². The minimum absolute atomic E-state index is 0.111. The molecule has 0 N–H and O–H groups in total. The number of benzene rings is 1. The van der Waals surface area contributed by atoms with Crippen LogP contribution in [-0.4, -0.2) is 26.7 Å². The maximum atomic E-state index is 12.4. The van der Waals surface area contributed by atoms with Gasteiger partial charge in [-0.25, -0.2) is 8.42 Å². The van der Waals surface area contributed by atoms with Gasteiger partial charge in [-0.2, -0.15) is 0 Å². The summed E-state index contributed by atoms with van der Waals surface area (Å²) in [5.41, 5.74) is 0.513. The third kappa shape index (κ3) is 3.28. The van der Waals surface area contributed by atoms with Crippen molar-refractivity contribution in [2.45, 2.75) is 23.8 Å². The highest BCUT2D eigenvalue weighted by Gasteiger charge is 2.45. The summed E-state index contributed by atoms with van der Waals surface area (Å²) in [5, 5.41) is -0.667. The third-order valence-electron chi connectivity index (χ3n) is 3.19. The minimum Gasteiger partial charge on any atom is -0.468 e. The highest BCUT2D eigenvalue weighted by Crippen LogP contribution is 2.38. The van der Waals surface area contributed by atoms with Crippen LogP contribution in [-0.2, 0) is 25.1 Å². The van der Waals surface area contributed by atoms with E-state index in [1.807, 2.05) is 0 Å². The van der Waals surface area contributed by atoms with Crippen molar-refractivity contribution >= 4 is 27.4 Å². The van der Waals surface area contributed by atoms with Crippen LogP contribution >= 0.6 is 11.6 Å². The summed E-state index contributed by atoms with van der Waals surface area (Å²) in [4.78, 5) is 11.7. The molecule has 19 heavy (non-hydrogen) atoms. The van der Waals surface area contributed by atoms with Crippen molar-refractivity contribution in [3.05, 3.63) is 34.9 Å². The van der Waals surface area contributed by atoms with Crippen molar-refractivity contribution in [2.24, 2.45) is 5.92 Å². The van der Waals surface area contributed by atoms with E-state index in [9.17, 15) is 13.2 Å². The number of hydrogen-bond acceptors (Lipinski definition) is 4. The van der Waals surface area contributed by atoms with Gasteiger partial charge in [-0.15, -0.1) is 0 Å². The fourth-order valence-corrected chi connectivity index (χ4v) is 4.46. The lowest BCUT2D eigenvalue weighted by molar-refractivity contribution is -0.140. The first-order valence-corrected chi connectivity index (χ1v) is 8.08. The number of methoxy groups -OCH3 is 1. The van der Waals surface area contributed by atoms with Gasteiger partial charge in [0.2, 0.25) is 0 Å². The lowest BCUT2D eigenvalue weighted by atomic mass is 10.2. The van der Waals surface area contributed by atoms with Crippen LogP contribution in [0.3, 0.4) is 0 Å². The van der Waals surface area contributed by atoms with E-state index < -0.39 is 21.1 Å². The van der Waals surface area contributed by atoms with Gasteiger partial charge in [0.1, 0.15) is 0 Å². The highest BCUT2D eigenvalue weighted by molar-refractivity contribution is 7.92. The van der Waals surface area contributed by atoms with Crippen molar-refractivity contribution in [3.63, 3.8) is 0 Å². The maximum Gasteiger partial charge on any atom is 0.324 e. The van der Waals surface area contributed by atoms with E-state index in [2.05, 4.69) is 4.74 Å². The van der Waals surface area contributed by atoms with Gasteiger partial charge < -0.3 is 4.74 Å². The predicted octanol–water partition coefficient (Wildman–Crippen LogP) is 2.21. The number of esters is 1. The Morgan fingerprint density at radius 1 is 1.42 bits per heavy atom. The van der Waals surface area contributed by atoms with Crippen LogP contribution in [0.5, 0.6) is 0 Å². The van der Waals surface area contributed by atoms with Crippen LogP contribution in [0.2, 0.25) is 5.02 Å². The van der Waals surface area contributed by atoms with Crippen molar-refractivity contribution in [1.82, 2.24) is 0 Å². The molecule has 1 unspecified atom stereocenters. The molecule has 0 saturated heterocycles. The molecule has 0 heterocycles. The summed E-state index contributed by atoms with van der Waals surface area (Å²) in [6.45, 7) is 0. The molecule has 1 atom stereocenters. The SMILES string of the molecule is COC(=O)C(C1CC1)S(=O)(=O)Cc1ccccc1Cl. The highest BCUT2D eigenvalue weighted by atomic mass is 35.5. The Labute approximate surface area is 117 Å². The minimum atomic E-state index is -3.60. The summed E-state index contributed by atoms with van der Waals surface area (Å²) < 4.78 is 29.4. The average Bonchev–Trinajstić information content (AvgIpc) is 3.16. The van der Waals surface area contributed by atoms with Gasteiger partial charge in [-0.05, 0) is 30.4 Å². The second kappa shape index (κ2) is 5.51. The molecule has 104 valence electrons. The predicted molar refractivity (Wildman–Crippen MR) is 72.6 cm³/mol. The molecule has 1 aliphatic carbocycles. The Morgan fingerprint density at radius 2 is 2.05 bits per heavy atom. The maximum absolute atomic E-state index is 12.4. The van der Waals surface area contributed by atoms with E-state index >= 15 is 0 Å². The molecule has 0 aliphatic heterocycles. The second-order valence-corrected chi connectivity index (χ2v) is 7.21. The van der Waals surface area contributed by atoms with Crippen molar-refractivity contribution in [1.29, 1.82) is 0 Å². The van der Waals surface area contributed by atoms with E-state index in [0.29, 0.717) is 10.6 Å². The molecule has 4 nitrogen and oxygen atoms in total. The van der Waals surface area contributed by atoms with Gasteiger partial charge in [0.25, 0.3) is 0 Å². The second-order valence-electron chi connectivity index (χ2n) is 4.68. The molecule has 0 radical (unpaired) electrons. The summed E-state index contributed by atoms with van der Waals surface area (Å²) in [6.07, 6.45) is 1.50. The number of halogens is 1. The molecule has 6 heteroatoms. The Kier molecular flexibility index (Phi) is 4.16. The van der Waals surface area contributed by atoms with E-state index in [1.165, 1.54) is 7.11 Å². The van der Waals surface area contributed by atoms with Crippen molar-refractivity contribution < 1.29 is 17.9 Å². The zero-order valence-electron chi connectivity index (χ0n) is 10.5. The summed E-state index contributed by atoms with van der Waals surface area (Å²) in [7, 11) is -2.39. The molecule has 1 saturated carbocycles. The van der Waals surface area contributed by atoms with Gasteiger partial charge >= 0.3 is 5.97 Å². The quantitative estimate of drug-likeness (QED) is 0.782. The van der Waals surface area contributed by atoms with Gasteiger partial charge in [0, 0.05) is 5.02 Å². The fourth-order valence-electron chi connectivity index (χ4n) is 2.07. The zero-order valence-corrected chi connectivity index (χ0v) is 12.1. The largest absolute Gasteiger partial charge is 0.468 e. The monoisotopic (exact) mass is 302 g/mol. The van der Waals surface area contributed by atoms with Crippen LogP contribution in [0.25, 0.3) is 0 Å². The fraction of sp³-hybridized carbons (Fsp3) is 0.462. The zero-order chi connectivity index (χ0) is 14.0. The lowest BCUT2D eigenvalue weighted by Gasteiger charge is -2.15. The molecule has 0 amide bonds. The smallest absolute Gasteiger partial charge is 0.324 e. The Morgan fingerprint density at radius 3 is 2.58 bits per heavy atom. The molecule has 2 rings (SSSR count). The first-order chi connectivity index (χ1) is 8.95. The molecule has 0 spiro atoms. The number of carbonyl (C=O) groups excluding carboxylic acids is 1. The Bertz CT molecular complexity index is 578. The molecule has 1 aliphatic rings. The van der Waals surface area contributed by atoms with Gasteiger partial charge in [0.05, 0.1) is 12.9 Å². The number of carbonyl (C=O) groups is 1. The van der Waals surface area contributed by atoms with Gasteiger partial charge in [-0.3, -0.25) is 4.79 Å². The molecule has 1 aromatic rings. The van der Waals surface area contributed by atoms with E-state index in [-0.39, 0.29) is 11.7 Å². The number of sulfone groups is 1. The lowest BCUT2D eigenvalue weighted by Crippen LogP contribution is -2.34. The van der Waals surface area contributed by atoms with Crippen LogP contribution in [0.15, 0.2) is 24.3 Å². The average molecular weight is 303 g/mol. The van der Waals surface area contributed by atoms with Crippen molar-refractivity contribution in [2.75, 3.05) is 7.11 Å². The summed E-state index contributed by atoms with van der Waals surface area (Å²) in [6, 6.07) is 6.75. The van der Waals surface area contributed by atoms with Crippen molar-refractivity contribution in [3.8, 4) is 0 Å². The Hall–Kier alpha value is -1.07.